The highest BCUT2D eigenvalue weighted by molar-refractivity contribution is 14.1. The lowest BCUT2D eigenvalue weighted by Crippen LogP contribution is -2.43. The van der Waals surface area contributed by atoms with Gasteiger partial charge in [-0.05, 0) is 56.9 Å². The molecule has 1 fully saturated rings. The van der Waals surface area contributed by atoms with Crippen LogP contribution in [-0.4, -0.2) is 35.4 Å². The van der Waals surface area contributed by atoms with E-state index in [2.05, 4.69) is 55.7 Å². The van der Waals surface area contributed by atoms with Crippen molar-refractivity contribution in [1.29, 1.82) is 0 Å². The first-order valence-electron chi connectivity index (χ1n) is 11.1. The summed E-state index contributed by atoms with van der Waals surface area (Å²) in [5, 5.41) is 4.58. The molecule has 1 aliphatic rings. The lowest BCUT2D eigenvalue weighted by Gasteiger charge is -2.41. The van der Waals surface area contributed by atoms with Gasteiger partial charge in [-0.1, -0.05) is 19.1 Å². The quantitative estimate of drug-likeness (QED) is 0.157. The summed E-state index contributed by atoms with van der Waals surface area (Å²) in [5.74, 6) is 0.0788. The predicted molar refractivity (Wildman–Crippen MR) is 159 cm³/mol. The highest BCUT2D eigenvalue weighted by Crippen LogP contribution is 2.52. The Morgan fingerprint density at radius 1 is 1.32 bits per heavy atom. The van der Waals surface area contributed by atoms with E-state index in [1.54, 1.807) is 11.3 Å². The third kappa shape index (κ3) is 4.90. The molecule has 1 aliphatic carbocycles. The Kier molecular flexibility index (Phi) is 7.66. The van der Waals surface area contributed by atoms with Crippen LogP contribution < -0.4 is 0 Å². The van der Waals surface area contributed by atoms with Gasteiger partial charge in [0.15, 0.2) is 5.67 Å². The lowest BCUT2D eigenvalue weighted by atomic mass is 9.87. The number of carbonyl (C=O) groups excluding carboxylic acids is 1. The molecule has 3 aromatic rings. The van der Waals surface area contributed by atoms with Crippen molar-refractivity contribution in [1.82, 2.24) is 12.9 Å². The number of thiophene rings is 1. The molecule has 10 heteroatoms. The van der Waals surface area contributed by atoms with Gasteiger partial charge < -0.3 is 0 Å². The van der Waals surface area contributed by atoms with Gasteiger partial charge in [0.2, 0.25) is 0 Å². The van der Waals surface area contributed by atoms with Crippen molar-refractivity contribution < 1.29 is 9.18 Å². The van der Waals surface area contributed by atoms with E-state index in [1.807, 2.05) is 72.1 Å². The molecule has 34 heavy (non-hydrogen) atoms. The van der Waals surface area contributed by atoms with Crippen LogP contribution in [0.15, 0.2) is 36.7 Å². The first-order valence-corrected chi connectivity index (χ1v) is 14.7. The number of alkyl halides is 1. The average molecular weight is 647 g/mol. The zero-order chi connectivity index (χ0) is 25.0. The summed E-state index contributed by atoms with van der Waals surface area (Å²) in [4.78, 5) is 14.2. The maximum atomic E-state index is 16.2. The van der Waals surface area contributed by atoms with Gasteiger partial charge >= 0.3 is 0 Å². The fourth-order valence-corrected chi connectivity index (χ4v) is 7.80. The molecule has 0 N–H and O–H groups in total. The summed E-state index contributed by atoms with van der Waals surface area (Å²) < 4.78 is 19.9. The molecule has 0 bridgehead atoms. The molecule has 4 nitrogen and oxygen atoms in total. The van der Waals surface area contributed by atoms with Gasteiger partial charge in [0.1, 0.15) is 0 Å². The van der Waals surface area contributed by atoms with Gasteiger partial charge in [0.25, 0.3) is 5.91 Å². The van der Waals surface area contributed by atoms with E-state index in [0.29, 0.717) is 11.6 Å². The molecule has 1 saturated carbocycles. The third-order valence-electron chi connectivity index (χ3n) is 6.35. The van der Waals surface area contributed by atoms with Gasteiger partial charge in [0, 0.05) is 38.1 Å². The minimum Gasteiger partial charge on any atom is -0.278 e. The van der Waals surface area contributed by atoms with E-state index in [9.17, 15) is 4.79 Å². The summed E-state index contributed by atoms with van der Waals surface area (Å²) >= 11 is 3.75. The fourth-order valence-electron chi connectivity index (χ4n) is 4.20. The van der Waals surface area contributed by atoms with Crippen LogP contribution in [0.25, 0.3) is 16.1 Å². The second-order valence-electron chi connectivity index (χ2n) is 9.39. The average Bonchev–Trinajstić information content (AvgIpc) is 3.37. The molecule has 0 aliphatic heterocycles. The van der Waals surface area contributed by atoms with Crippen molar-refractivity contribution in [3.05, 3.63) is 58.2 Å². The Hall–Kier alpha value is -0.450. The number of aromatic nitrogens is 2. The number of carbonyl (C=O) groups is 1. The van der Waals surface area contributed by atoms with Crippen molar-refractivity contribution in [2.45, 2.75) is 62.8 Å². The normalized spacial score (nSPS) is 16.9. The van der Waals surface area contributed by atoms with E-state index in [-0.39, 0.29) is 11.6 Å². The molecule has 5 unspecified atom stereocenters. The van der Waals surface area contributed by atoms with E-state index >= 15 is 4.39 Å². The van der Waals surface area contributed by atoms with E-state index in [0.717, 1.165) is 45.0 Å². The van der Waals surface area contributed by atoms with Crippen molar-refractivity contribution in [3.8, 4) is 16.1 Å². The monoisotopic (exact) mass is 647 g/mol. The van der Waals surface area contributed by atoms with Crippen LogP contribution in [0.3, 0.4) is 0 Å². The molecule has 2 heterocycles. The zero-order valence-electron chi connectivity index (χ0n) is 19.7. The Morgan fingerprint density at radius 3 is 2.56 bits per heavy atom. The minimum atomic E-state index is -1.55. The van der Waals surface area contributed by atoms with Crippen molar-refractivity contribution in [2.75, 3.05) is 0 Å². The topological polar surface area (TPSA) is 38.1 Å². The molecule has 5 atom stereocenters. The second kappa shape index (κ2) is 9.78. The Labute approximate surface area is 225 Å². The number of hydrogen-bond donors (Lipinski definition) is 0. The summed E-state index contributed by atoms with van der Waals surface area (Å²) in [5.41, 5.74) is 2.40. The van der Waals surface area contributed by atoms with Crippen LogP contribution in [0.4, 0.5) is 4.39 Å². The number of aryl methyl sites for hydroxylation is 2. The van der Waals surface area contributed by atoms with Crippen molar-refractivity contribution >= 4 is 67.8 Å². The molecule has 1 aromatic carbocycles. The van der Waals surface area contributed by atoms with Gasteiger partial charge in [-0.3, -0.25) is 7.91 Å². The number of rotatable bonds is 7. The number of hydrogen-bond acceptors (Lipinski definition) is 3. The zero-order valence-corrected chi connectivity index (χ0v) is 26.1. The van der Waals surface area contributed by atoms with E-state index in [1.165, 1.54) is 0 Å². The van der Waals surface area contributed by atoms with Gasteiger partial charge in [-0.25, -0.2) is 9.07 Å². The predicted octanol–water partition coefficient (Wildman–Crippen LogP) is 7.07. The Bertz CT molecular complexity index is 1230. The van der Waals surface area contributed by atoms with Crippen molar-refractivity contribution in [2.24, 2.45) is 0 Å². The first kappa shape index (κ1) is 26.6. The smallest absolute Gasteiger partial charge is 0.263 e. The Balaban J connectivity index is 1.63. The lowest BCUT2D eigenvalue weighted by molar-refractivity contribution is 0.0883. The number of nitrogens with zero attached hydrogens (tertiary/aromatic N) is 3. The molecule has 0 spiro atoms. The summed E-state index contributed by atoms with van der Waals surface area (Å²) in [6.45, 7) is 7.73. The van der Waals surface area contributed by atoms with Crippen LogP contribution in [0.2, 0.25) is 0 Å². The molecule has 0 radical (unpaired) electrons. The van der Waals surface area contributed by atoms with Crippen LogP contribution >= 0.6 is 61.9 Å². The van der Waals surface area contributed by atoms with E-state index < -0.39 is 10.6 Å². The highest BCUT2D eigenvalue weighted by atomic mass is 127. The summed E-state index contributed by atoms with van der Waals surface area (Å²) in [6, 6.07) is 8.06. The molecule has 4 rings (SSSR count). The van der Waals surface area contributed by atoms with Crippen LogP contribution in [0.5, 0.6) is 0 Å². The number of halogens is 2. The standard InChI is InChI=1S/C24H30FIN3OP3S/c1-13-9-17(24(25,15(3)31)23(4,32)33)5-8-20(13)28-12-16(11-27-28)21-10-19(14(2)34-21)22(30)29(26)18-6-7-18/h5,8-12,15,18H,6-7,31-33H2,1-4H3. The Morgan fingerprint density at radius 2 is 2.00 bits per heavy atom. The van der Waals surface area contributed by atoms with Crippen LogP contribution in [0, 0.1) is 13.8 Å². The molecule has 0 saturated heterocycles. The summed E-state index contributed by atoms with van der Waals surface area (Å²) in [7, 11) is 7.86. The molecule has 2 aromatic heterocycles. The SMILES string of the molecule is Cc1cc(C(F)(C(C)P)C(C)(P)P)ccc1-n1cc(-c2cc(C(=O)N(I)C3CC3)c(C)s2)cn1. The van der Waals surface area contributed by atoms with Gasteiger partial charge in [0.05, 0.1) is 40.3 Å². The van der Waals surface area contributed by atoms with Crippen LogP contribution in [-0.2, 0) is 5.67 Å². The van der Waals surface area contributed by atoms with Gasteiger partial charge in [-0.2, -0.15) is 5.10 Å². The second-order valence-corrected chi connectivity index (χ2v) is 15.7. The van der Waals surface area contributed by atoms with E-state index in [4.69, 9.17) is 0 Å². The molecule has 182 valence electrons. The number of amides is 1. The van der Waals surface area contributed by atoms with Crippen LogP contribution in [0.1, 0.15) is 53.1 Å². The third-order valence-corrected chi connectivity index (χ3v) is 9.98. The number of benzene rings is 1. The molecular weight excluding hydrogens is 617 g/mol. The largest absolute Gasteiger partial charge is 0.278 e. The first-order chi connectivity index (χ1) is 15.8. The summed E-state index contributed by atoms with van der Waals surface area (Å²) in [6.07, 6.45) is 5.97. The highest BCUT2D eigenvalue weighted by Gasteiger charge is 2.47. The maximum absolute atomic E-state index is 16.2. The molecule has 1 amide bonds. The van der Waals surface area contributed by atoms with Crippen molar-refractivity contribution in [3.63, 3.8) is 0 Å². The fraction of sp³-hybridized carbons (Fsp3) is 0.417. The van der Waals surface area contributed by atoms with Gasteiger partial charge in [-0.15, -0.1) is 39.1 Å². The molecular formula is C24H30FIN3OP3S. The maximum Gasteiger partial charge on any atom is 0.263 e. The minimum absolute atomic E-state index is 0.0788.